The predicted octanol–water partition coefficient (Wildman–Crippen LogP) is 5.55. The Morgan fingerprint density at radius 2 is 1.44 bits per heavy atom. The zero-order valence-electron chi connectivity index (χ0n) is 15.6. The van der Waals surface area contributed by atoms with E-state index >= 15 is 0 Å². The van der Waals surface area contributed by atoms with E-state index in [0.717, 1.165) is 16.7 Å². The van der Waals surface area contributed by atoms with Gasteiger partial charge in [-0.05, 0) is 40.3 Å². The van der Waals surface area contributed by atoms with Gasteiger partial charge in [-0.15, -0.1) is 0 Å². The number of carboxylic acid groups (broad SMARTS) is 1. The average Bonchev–Trinajstić information content (AvgIpc) is 2.69. The maximum Gasteiger partial charge on any atom is 0.345 e. The standard InChI is InChI=1S/C24H24O3/c1-17(2)19-10-8-18(9-11-19)16-23(24(25)26)27-22-14-12-21(13-15-22)20-6-4-3-5-7-20/h3-15,17,23H,16H2,1-2H3,(H,25,26)/t23-/m1/s1. The van der Waals surface area contributed by atoms with Crippen molar-refractivity contribution in [1.82, 2.24) is 0 Å². The van der Waals surface area contributed by atoms with Crippen molar-refractivity contribution in [1.29, 1.82) is 0 Å². The first-order valence-electron chi connectivity index (χ1n) is 9.16. The lowest BCUT2D eigenvalue weighted by atomic mass is 9.99. The van der Waals surface area contributed by atoms with Gasteiger partial charge in [-0.25, -0.2) is 4.79 Å². The second-order valence-corrected chi connectivity index (χ2v) is 6.94. The summed E-state index contributed by atoms with van der Waals surface area (Å²) in [5.41, 5.74) is 4.37. The van der Waals surface area contributed by atoms with Gasteiger partial charge >= 0.3 is 5.97 Å². The van der Waals surface area contributed by atoms with Gasteiger partial charge in [-0.3, -0.25) is 0 Å². The number of rotatable bonds is 7. The Morgan fingerprint density at radius 1 is 0.852 bits per heavy atom. The lowest BCUT2D eigenvalue weighted by Crippen LogP contribution is -2.29. The highest BCUT2D eigenvalue weighted by Crippen LogP contribution is 2.23. The van der Waals surface area contributed by atoms with Gasteiger partial charge in [0, 0.05) is 6.42 Å². The molecule has 0 radical (unpaired) electrons. The fourth-order valence-electron chi connectivity index (χ4n) is 2.95. The van der Waals surface area contributed by atoms with Gasteiger partial charge < -0.3 is 9.84 Å². The van der Waals surface area contributed by atoms with Crippen LogP contribution in [0, 0.1) is 0 Å². The highest BCUT2D eigenvalue weighted by atomic mass is 16.5. The molecule has 0 bridgehead atoms. The van der Waals surface area contributed by atoms with Crippen molar-refractivity contribution in [2.24, 2.45) is 0 Å². The van der Waals surface area contributed by atoms with Crippen LogP contribution in [0.2, 0.25) is 0 Å². The lowest BCUT2D eigenvalue weighted by molar-refractivity contribution is -0.145. The molecule has 0 unspecified atom stereocenters. The van der Waals surface area contributed by atoms with E-state index in [0.29, 0.717) is 18.1 Å². The summed E-state index contributed by atoms with van der Waals surface area (Å²) < 4.78 is 5.75. The van der Waals surface area contributed by atoms with Crippen LogP contribution in [0.5, 0.6) is 5.75 Å². The zero-order valence-corrected chi connectivity index (χ0v) is 15.6. The fourth-order valence-corrected chi connectivity index (χ4v) is 2.95. The Morgan fingerprint density at radius 3 is 2.00 bits per heavy atom. The third kappa shape index (κ3) is 4.98. The van der Waals surface area contributed by atoms with Crippen molar-refractivity contribution in [3.8, 4) is 16.9 Å². The number of benzene rings is 3. The molecule has 1 atom stereocenters. The zero-order chi connectivity index (χ0) is 19.2. The molecule has 1 N–H and O–H groups in total. The summed E-state index contributed by atoms with van der Waals surface area (Å²) in [5.74, 6) is 0.0460. The van der Waals surface area contributed by atoms with Gasteiger partial charge in [0.15, 0.2) is 6.10 Å². The Balaban J connectivity index is 1.70. The molecule has 27 heavy (non-hydrogen) atoms. The first-order chi connectivity index (χ1) is 13.0. The van der Waals surface area contributed by atoms with Gasteiger partial charge in [0.1, 0.15) is 5.75 Å². The molecular formula is C24H24O3. The maximum atomic E-state index is 11.6. The maximum absolute atomic E-state index is 11.6. The summed E-state index contributed by atoms with van der Waals surface area (Å²) >= 11 is 0. The summed E-state index contributed by atoms with van der Waals surface area (Å²) in [4.78, 5) is 11.6. The van der Waals surface area contributed by atoms with E-state index in [1.165, 1.54) is 5.56 Å². The van der Waals surface area contributed by atoms with E-state index in [2.05, 4.69) is 13.8 Å². The monoisotopic (exact) mass is 360 g/mol. The number of ether oxygens (including phenoxy) is 1. The molecule has 0 saturated heterocycles. The van der Waals surface area contributed by atoms with Crippen LogP contribution in [0.4, 0.5) is 0 Å². The Labute approximate surface area is 160 Å². The molecule has 3 rings (SSSR count). The average molecular weight is 360 g/mol. The van der Waals surface area contributed by atoms with Gasteiger partial charge in [0.25, 0.3) is 0 Å². The summed E-state index contributed by atoms with van der Waals surface area (Å²) in [7, 11) is 0. The van der Waals surface area contributed by atoms with E-state index in [-0.39, 0.29) is 0 Å². The van der Waals surface area contributed by atoms with E-state index in [1.807, 2.05) is 78.9 Å². The topological polar surface area (TPSA) is 46.5 Å². The van der Waals surface area contributed by atoms with E-state index < -0.39 is 12.1 Å². The molecular weight excluding hydrogens is 336 g/mol. The van der Waals surface area contributed by atoms with Gasteiger partial charge in [0.2, 0.25) is 0 Å². The molecule has 3 nitrogen and oxygen atoms in total. The molecule has 0 heterocycles. The Bertz CT molecular complexity index is 866. The normalized spacial score (nSPS) is 12.0. The summed E-state index contributed by atoms with van der Waals surface area (Å²) in [6.45, 7) is 4.27. The molecule has 0 aromatic heterocycles. The molecule has 3 heteroatoms. The van der Waals surface area contributed by atoms with Crippen LogP contribution in [0.3, 0.4) is 0 Å². The number of hydrogen-bond donors (Lipinski definition) is 1. The molecule has 0 aliphatic heterocycles. The largest absolute Gasteiger partial charge is 0.478 e. The third-order valence-corrected chi connectivity index (χ3v) is 4.58. The van der Waals surface area contributed by atoms with Crippen molar-refractivity contribution in [3.63, 3.8) is 0 Å². The molecule has 0 spiro atoms. The van der Waals surface area contributed by atoms with Crippen molar-refractivity contribution in [2.45, 2.75) is 32.3 Å². The summed E-state index contributed by atoms with van der Waals surface area (Å²) in [6, 6.07) is 25.6. The summed E-state index contributed by atoms with van der Waals surface area (Å²) in [6.07, 6.45) is -0.591. The number of hydrogen-bond acceptors (Lipinski definition) is 2. The Hall–Kier alpha value is -3.07. The number of carboxylic acids is 1. The smallest absolute Gasteiger partial charge is 0.345 e. The molecule has 0 aliphatic carbocycles. The molecule has 3 aromatic rings. The molecule has 0 aliphatic rings. The number of carbonyl (C=O) groups is 1. The van der Waals surface area contributed by atoms with Crippen LogP contribution in [-0.4, -0.2) is 17.2 Å². The minimum atomic E-state index is -0.963. The van der Waals surface area contributed by atoms with Crippen LogP contribution in [0.1, 0.15) is 30.9 Å². The van der Waals surface area contributed by atoms with Crippen molar-refractivity contribution < 1.29 is 14.6 Å². The molecule has 0 fully saturated rings. The summed E-state index contributed by atoms with van der Waals surface area (Å²) in [5, 5.41) is 9.55. The van der Waals surface area contributed by atoms with E-state index in [1.54, 1.807) is 0 Å². The van der Waals surface area contributed by atoms with Crippen LogP contribution < -0.4 is 4.74 Å². The van der Waals surface area contributed by atoms with Crippen molar-refractivity contribution in [3.05, 3.63) is 90.0 Å². The van der Waals surface area contributed by atoms with Crippen molar-refractivity contribution in [2.75, 3.05) is 0 Å². The van der Waals surface area contributed by atoms with Gasteiger partial charge in [-0.2, -0.15) is 0 Å². The lowest BCUT2D eigenvalue weighted by Gasteiger charge is -2.16. The fraction of sp³-hybridized carbons (Fsp3) is 0.208. The first-order valence-corrected chi connectivity index (χ1v) is 9.16. The van der Waals surface area contributed by atoms with Crippen molar-refractivity contribution >= 4 is 5.97 Å². The van der Waals surface area contributed by atoms with E-state index in [4.69, 9.17) is 4.74 Å². The first kappa shape index (κ1) is 18.7. The SMILES string of the molecule is CC(C)c1ccc(C[C@@H](Oc2ccc(-c3ccccc3)cc2)C(=O)O)cc1. The number of aliphatic carboxylic acids is 1. The second-order valence-electron chi connectivity index (χ2n) is 6.94. The van der Waals surface area contributed by atoms with Gasteiger partial charge in [-0.1, -0.05) is 80.6 Å². The predicted molar refractivity (Wildman–Crippen MR) is 108 cm³/mol. The van der Waals surface area contributed by atoms with Crippen LogP contribution >= 0.6 is 0 Å². The van der Waals surface area contributed by atoms with Crippen LogP contribution in [0.15, 0.2) is 78.9 Å². The molecule has 3 aromatic carbocycles. The molecule has 138 valence electrons. The quantitative estimate of drug-likeness (QED) is 0.601. The minimum Gasteiger partial charge on any atom is -0.478 e. The third-order valence-electron chi connectivity index (χ3n) is 4.58. The highest BCUT2D eigenvalue weighted by Gasteiger charge is 2.20. The van der Waals surface area contributed by atoms with Gasteiger partial charge in [0.05, 0.1) is 0 Å². The van der Waals surface area contributed by atoms with Crippen LogP contribution in [-0.2, 0) is 11.2 Å². The van der Waals surface area contributed by atoms with Crippen LogP contribution in [0.25, 0.3) is 11.1 Å². The highest BCUT2D eigenvalue weighted by molar-refractivity contribution is 5.73. The molecule has 0 saturated carbocycles. The second kappa shape index (κ2) is 8.54. The minimum absolute atomic E-state index is 0.328. The Kier molecular flexibility index (Phi) is 5.92. The van der Waals surface area contributed by atoms with E-state index in [9.17, 15) is 9.90 Å². The molecule has 0 amide bonds.